The largest absolute Gasteiger partial charge is 0.0616 e. The van der Waals surface area contributed by atoms with Crippen molar-refractivity contribution in [3.63, 3.8) is 0 Å². The standard InChI is InChI=1S/C47H32/c1-47(2)44-28-30(32-24-25-39(35-16-6-5-15-33(32)35)34-21-11-13-29-12-3-4-14-31(29)34)22-23-40(44)43-27-26-42-38-19-8-7-17-36(38)37-18-9-10-20-41(37)45(42)46(43)47/h3-28H,1-2H3. The molecule has 0 aromatic heterocycles. The van der Waals surface area contributed by atoms with Gasteiger partial charge in [0.25, 0.3) is 0 Å². The second kappa shape index (κ2) is 9.64. The van der Waals surface area contributed by atoms with E-state index in [4.69, 9.17) is 0 Å². The summed E-state index contributed by atoms with van der Waals surface area (Å²) in [5, 5.41) is 13.2. The Morgan fingerprint density at radius 3 is 1.57 bits per heavy atom. The number of hydrogen-bond donors (Lipinski definition) is 0. The quantitative estimate of drug-likeness (QED) is 0.174. The zero-order valence-corrected chi connectivity index (χ0v) is 26.5. The average molecular weight is 597 g/mol. The Labute approximate surface area is 274 Å². The van der Waals surface area contributed by atoms with Gasteiger partial charge in [-0.25, -0.2) is 0 Å². The third-order valence-corrected chi connectivity index (χ3v) is 10.8. The molecule has 220 valence electrons. The van der Waals surface area contributed by atoms with Crippen molar-refractivity contribution in [2.45, 2.75) is 19.3 Å². The van der Waals surface area contributed by atoms with Crippen LogP contribution in [0.25, 0.3) is 87.2 Å². The molecule has 0 amide bonds. The minimum atomic E-state index is -0.163. The van der Waals surface area contributed by atoms with E-state index in [1.165, 1.54) is 98.4 Å². The van der Waals surface area contributed by atoms with Crippen LogP contribution in [0.2, 0.25) is 0 Å². The van der Waals surface area contributed by atoms with Gasteiger partial charge in [-0.15, -0.1) is 0 Å². The fraction of sp³-hybridized carbons (Fsp3) is 0.0638. The van der Waals surface area contributed by atoms with Crippen LogP contribution in [0.4, 0.5) is 0 Å². The van der Waals surface area contributed by atoms with E-state index in [0.717, 1.165) is 0 Å². The Morgan fingerprint density at radius 2 is 0.830 bits per heavy atom. The topological polar surface area (TPSA) is 0 Å². The maximum Gasteiger partial charge on any atom is 0.0165 e. The molecule has 9 aromatic rings. The van der Waals surface area contributed by atoms with Gasteiger partial charge in [0.1, 0.15) is 0 Å². The summed E-state index contributed by atoms with van der Waals surface area (Å²) in [4.78, 5) is 0. The Bertz CT molecular complexity index is 2720. The summed E-state index contributed by atoms with van der Waals surface area (Å²) in [6, 6.07) is 58.7. The van der Waals surface area contributed by atoms with E-state index in [1.54, 1.807) is 0 Å². The van der Waals surface area contributed by atoms with Crippen molar-refractivity contribution in [3.05, 3.63) is 169 Å². The zero-order chi connectivity index (χ0) is 31.3. The molecular weight excluding hydrogens is 565 g/mol. The van der Waals surface area contributed by atoms with E-state index in [0.29, 0.717) is 0 Å². The lowest BCUT2D eigenvalue weighted by Gasteiger charge is -2.25. The first kappa shape index (κ1) is 26.5. The van der Waals surface area contributed by atoms with Gasteiger partial charge >= 0.3 is 0 Å². The minimum Gasteiger partial charge on any atom is -0.0616 e. The van der Waals surface area contributed by atoms with Crippen LogP contribution < -0.4 is 0 Å². The van der Waals surface area contributed by atoms with Crippen LogP contribution in [-0.2, 0) is 5.41 Å². The summed E-state index contributed by atoms with van der Waals surface area (Å²) in [7, 11) is 0. The van der Waals surface area contributed by atoms with Crippen LogP contribution >= 0.6 is 0 Å². The van der Waals surface area contributed by atoms with Gasteiger partial charge in [-0.05, 0) is 104 Å². The highest BCUT2D eigenvalue weighted by Gasteiger charge is 2.38. The fourth-order valence-corrected chi connectivity index (χ4v) is 8.71. The summed E-state index contributed by atoms with van der Waals surface area (Å²) in [6.45, 7) is 4.85. The van der Waals surface area contributed by atoms with Crippen molar-refractivity contribution in [2.75, 3.05) is 0 Å². The van der Waals surface area contributed by atoms with Crippen molar-refractivity contribution >= 4 is 53.9 Å². The third-order valence-electron chi connectivity index (χ3n) is 10.8. The summed E-state index contributed by atoms with van der Waals surface area (Å²) >= 11 is 0. The van der Waals surface area contributed by atoms with Crippen LogP contribution in [0.1, 0.15) is 25.0 Å². The van der Waals surface area contributed by atoms with E-state index >= 15 is 0 Å². The normalized spacial score (nSPS) is 13.5. The first-order chi connectivity index (χ1) is 23.1. The molecule has 0 radical (unpaired) electrons. The molecule has 0 heterocycles. The molecule has 0 aliphatic heterocycles. The predicted molar refractivity (Wildman–Crippen MR) is 202 cm³/mol. The van der Waals surface area contributed by atoms with Crippen molar-refractivity contribution < 1.29 is 0 Å². The monoisotopic (exact) mass is 596 g/mol. The molecule has 0 bridgehead atoms. The first-order valence-corrected chi connectivity index (χ1v) is 16.6. The van der Waals surface area contributed by atoms with Crippen LogP contribution in [0, 0.1) is 0 Å². The van der Waals surface area contributed by atoms with E-state index in [9.17, 15) is 0 Å². The summed E-state index contributed by atoms with van der Waals surface area (Å²) in [6.07, 6.45) is 0. The second-order valence-electron chi connectivity index (χ2n) is 13.6. The number of fused-ring (bicyclic) bond motifs is 12. The third kappa shape index (κ3) is 3.64. The zero-order valence-electron chi connectivity index (χ0n) is 26.5. The van der Waals surface area contributed by atoms with Crippen molar-refractivity contribution in [3.8, 4) is 33.4 Å². The molecule has 10 rings (SSSR count). The molecule has 9 aromatic carbocycles. The van der Waals surface area contributed by atoms with Crippen LogP contribution in [0.3, 0.4) is 0 Å². The van der Waals surface area contributed by atoms with Gasteiger partial charge in [-0.1, -0.05) is 166 Å². The summed E-state index contributed by atoms with van der Waals surface area (Å²) in [5.74, 6) is 0. The van der Waals surface area contributed by atoms with Crippen LogP contribution in [0.15, 0.2) is 158 Å². The fourth-order valence-electron chi connectivity index (χ4n) is 8.71. The number of rotatable bonds is 2. The van der Waals surface area contributed by atoms with E-state index in [-0.39, 0.29) is 5.41 Å². The Hall–Kier alpha value is -5.72. The van der Waals surface area contributed by atoms with Gasteiger partial charge in [0, 0.05) is 5.41 Å². The van der Waals surface area contributed by atoms with E-state index in [2.05, 4.69) is 172 Å². The van der Waals surface area contributed by atoms with Crippen molar-refractivity contribution in [2.24, 2.45) is 0 Å². The summed E-state index contributed by atoms with van der Waals surface area (Å²) < 4.78 is 0. The molecule has 1 aliphatic carbocycles. The molecular formula is C47H32. The molecule has 0 atom stereocenters. The lowest BCUT2D eigenvalue weighted by Crippen LogP contribution is -2.15. The lowest BCUT2D eigenvalue weighted by molar-refractivity contribution is 0.667. The maximum absolute atomic E-state index is 2.48. The van der Waals surface area contributed by atoms with Gasteiger partial charge in [-0.3, -0.25) is 0 Å². The van der Waals surface area contributed by atoms with Gasteiger partial charge in [0.05, 0.1) is 0 Å². The van der Waals surface area contributed by atoms with Crippen molar-refractivity contribution in [1.82, 2.24) is 0 Å². The highest BCUT2D eigenvalue weighted by molar-refractivity contribution is 6.27. The Balaban J connectivity index is 1.19. The molecule has 0 nitrogen and oxygen atoms in total. The lowest BCUT2D eigenvalue weighted by atomic mass is 9.78. The van der Waals surface area contributed by atoms with E-state index in [1.807, 2.05) is 0 Å². The molecule has 0 N–H and O–H groups in total. The molecule has 0 saturated carbocycles. The number of benzene rings is 9. The van der Waals surface area contributed by atoms with Gasteiger partial charge in [0.2, 0.25) is 0 Å². The molecule has 1 aliphatic rings. The average Bonchev–Trinajstić information content (AvgIpc) is 3.36. The highest BCUT2D eigenvalue weighted by Crippen LogP contribution is 2.54. The molecule has 0 spiro atoms. The molecule has 0 fully saturated rings. The van der Waals surface area contributed by atoms with Crippen molar-refractivity contribution in [1.29, 1.82) is 0 Å². The molecule has 0 saturated heterocycles. The van der Waals surface area contributed by atoms with Crippen LogP contribution in [0.5, 0.6) is 0 Å². The predicted octanol–water partition coefficient (Wildman–Crippen LogP) is 13.1. The first-order valence-electron chi connectivity index (χ1n) is 16.6. The summed E-state index contributed by atoms with van der Waals surface area (Å²) in [5.41, 5.74) is 10.5. The molecule has 0 heteroatoms. The SMILES string of the molecule is CC1(C)c2cc(-c3ccc(-c4cccc5ccccc45)c4ccccc34)ccc2-c2ccc3c4ccccc4c4ccccc4c3c21. The number of hydrogen-bond acceptors (Lipinski definition) is 0. The van der Waals surface area contributed by atoms with Gasteiger partial charge in [0.15, 0.2) is 0 Å². The molecule has 0 unspecified atom stereocenters. The Morgan fingerprint density at radius 1 is 0.340 bits per heavy atom. The minimum absolute atomic E-state index is 0.163. The Kier molecular flexibility index (Phi) is 5.44. The molecule has 47 heavy (non-hydrogen) atoms. The van der Waals surface area contributed by atoms with Crippen LogP contribution in [-0.4, -0.2) is 0 Å². The van der Waals surface area contributed by atoms with E-state index < -0.39 is 0 Å². The smallest absolute Gasteiger partial charge is 0.0165 e. The van der Waals surface area contributed by atoms with Gasteiger partial charge < -0.3 is 0 Å². The van der Waals surface area contributed by atoms with Gasteiger partial charge in [-0.2, -0.15) is 0 Å². The second-order valence-corrected chi connectivity index (χ2v) is 13.6. The highest BCUT2D eigenvalue weighted by atomic mass is 14.4. The maximum atomic E-state index is 2.48.